The molecule has 0 radical (unpaired) electrons. The number of pyridine rings is 1. The highest BCUT2D eigenvalue weighted by Gasteiger charge is 2.30. The minimum atomic E-state index is -0.149. The first-order valence-electron chi connectivity index (χ1n) is 8.81. The van der Waals surface area contributed by atoms with Gasteiger partial charge in [0.1, 0.15) is 5.75 Å². The fourth-order valence-electron chi connectivity index (χ4n) is 2.95. The number of ether oxygens (including phenoxy) is 1. The first-order chi connectivity index (χ1) is 12.1. The third-order valence-corrected chi connectivity index (χ3v) is 4.32. The molecule has 1 amide bonds. The average Bonchev–Trinajstić information content (AvgIpc) is 2.99. The van der Waals surface area contributed by atoms with Crippen LogP contribution >= 0.6 is 0 Å². The Labute approximate surface area is 147 Å². The second-order valence-corrected chi connectivity index (χ2v) is 6.58. The number of hydrogen-bond acceptors (Lipinski definition) is 6. The summed E-state index contributed by atoms with van der Waals surface area (Å²) in [4.78, 5) is 23.1. The molecule has 134 valence electrons. The van der Waals surface area contributed by atoms with Crippen LogP contribution in [0.1, 0.15) is 63.2 Å². The van der Waals surface area contributed by atoms with E-state index in [0.29, 0.717) is 24.0 Å². The van der Waals surface area contributed by atoms with Gasteiger partial charge in [0.05, 0.1) is 12.2 Å². The molecule has 2 aromatic rings. The molecule has 1 saturated heterocycles. The number of rotatable bonds is 5. The van der Waals surface area contributed by atoms with Gasteiger partial charge in [-0.3, -0.25) is 9.78 Å². The minimum Gasteiger partial charge on any atom is -0.482 e. The predicted octanol–water partition coefficient (Wildman–Crippen LogP) is 3.11. The Morgan fingerprint density at radius 2 is 2.28 bits per heavy atom. The van der Waals surface area contributed by atoms with Crippen molar-refractivity contribution in [3.05, 3.63) is 36.2 Å². The van der Waals surface area contributed by atoms with E-state index in [9.17, 15) is 4.79 Å². The van der Waals surface area contributed by atoms with Gasteiger partial charge in [0.2, 0.25) is 5.89 Å². The Morgan fingerprint density at radius 3 is 3.00 bits per heavy atom. The van der Waals surface area contributed by atoms with Crippen LogP contribution in [0.25, 0.3) is 0 Å². The number of carbonyl (C=O) groups is 1. The summed E-state index contributed by atoms with van der Waals surface area (Å²) in [6.45, 7) is 4.69. The standard InChI is InChI=1S/C18H24N4O3/c1-13(2)18-20-17(21-25-18)15-8-4-3-5-10-22(15)16(23)12-24-14-7-6-9-19-11-14/h6-7,9,11,13,15H,3-5,8,10,12H2,1-2H3/t15-/m1/s1. The SMILES string of the molecule is CC(C)c1nc([C@H]2CCCCCN2C(=O)COc2cccnc2)no1. The molecule has 0 saturated carbocycles. The summed E-state index contributed by atoms with van der Waals surface area (Å²) in [5.74, 6) is 1.90. The van der Waals surface area contributed by atoms with E-state index < -0.39 is 0 Å². The van der Waals surface area contributed by atoms with Crippen LogP contribution in [0.2, 0.25) is 0 Å². The lowest BCUT2D eigenvalue weighted by Crippen LogP contribution is -2.38. The fraction of sp³-hybridized carbons (Fsp3) is 0.556. The van der Waals surface area contributed by atoms with Gasteiger partial charge in [-0.25, -0.2) is 0 Å². The Balaban J connectivity index is 1.71. The Hall–Kier alpha value is -2.44. The molecule has 0 aromatic carbocycles. The van der Waals surface area contributed by atoms with Gasteiger partial charge in [-0.15, -0.1) is 0 Å². The summed E-state index contributed by atoms with van der Waals surface area (Å²) < 4.78 is 10.9. The zero-order chi connectivity index (χ0) is 17.6. The summed E-state index contributed by atoms with van der Waals surface area (Å²) >= 11 is 0. The van der Waals surface area contributed by atoms with Gasteiger partial charge in [-0.2, -0.15) is 4.98 Å². The van der Waals surface area contributed by atoms with Crippen LogP contribution < -0.4 is 4.74 Å². The molecule has 3 heterocycles. The van der Waals surface area contributed by atoms with E-state index in [2.05, 4.69) is 15.1 Å². The maximum absolute atomic E-state index is 12.7. The molecule has 0 aliphatic carbocycles. The van der Waals surface area contributed by atoms with Gasteiger partial charge in [-0.05, 0) is 25.0 Å². The summed E-state index contributed by atoms with van der Waals surface area (Å²) in [6, 6.07) is 3.42. The van der Waals surface area contributed by atoms with E-state index in [1.54, 1.807) is 24.5 Å². The Morgan fingerprint density at radius 1 is 1.40 bits per heavy atom. The molecule has 7 nitrogen and oxygen atoms in total. The highest BCUT2D eigenvalue weighted by Crippen LogP contribution is 2.29. The maximum Gasteiger partial charge on any atom is 0.261 e. The van der Waals surface area contributed by atoms with Crippen molar-refractivity contribution in [2.75, 3.05) is 13.2 Å². The third kappa shape index (κ3) is 4.35. The second-order valence-electron chi connectivity index (χ2n) is 6.58. The lowest BCUT2D eigenvalue weighted by atomic mass is 10.1. The largest absolute Gasteiger partial charge is 0.482 e. The highest BCUT2D eigenvalue weighted by molar-refractivity contribution is 5.78. The number of hydrogen-bond donors (Lipinski definition) is 0. The van der Waals surface area contributed by atoms with Gasteiger partial charge in [-0.1, -0.05) is 31.8 Å². The quantitative estimate of drug-likeness (QED) is 0.829. The molecule has 1 fully saturated rings. The van der Waals surface area contributed by atoms with Gasteiger partial charge in [0, 0.05) is 18.7 Å². The molecule has 2 aromatic heterocycles. The predicted molar refractivity (Wildman–Crippen MR) is 91.0 cm³/mol. The van der Waals surface area contributed by atoms with Crippen molar-refractivity contribution in [2.24, 2.45) is 0 Å². The summed E-state index contributed by atoms with van der Waals surface area (Å²) in [7, 11) is 0. The number of carbonyl (C=O) groups excluding carboxylic acids is 1. The molecule has 7 heteroatoms. The topological polar surface area (TPSA) is 81.4 Å². The van der Waals surface area contributed by atoms with Crippen molar-refractivity contribution >= 4 is 5.91 Å². The van der Waals surface area contributed by atoms with Crippen molar-refractivity contribution in [2.45, 2.75) is 51.5 Å². The number of nitrogens with zero attached hydrogens (tertiary/aromatic N) is 4. The molecular formula is C18H24N4O3. The number of likely N-dealkylation sites (tertiary alicyclic amines) is 1. The van der Waals surface area contributed by atoms with E-state index in [4.69, 9.17) is 9.26 Å². The van der Waals surface area contributed by atoms with Crippen LogP contribution in [0.4, 0.5) is 0 Å². The van der Waals surface area contributed by atoms with Crippen molar-refractivity contribution in [1.82, 2.24) is 20.0 Å². The monoisotopic (exact) mass is 344 g/mol. The maximum atomic E-state index is 12.7. The molecule has 1 aliphatic heterocycles. The van der Waals surface area contributed by atoms with Gasteiger partial charge in [0.25, 0.3) is 5.91 Å². The highest BCUT2D eigenvalue weighted by atomic mass is 16.5. The van der Waals surface area contributed by atoms with E-state index in [0.717, 1.165) is 25.7 Å². The fourth-order valence-corrected chi connectivity index (χ4v) is 2.95. The smallest absolute Gasteiger partial charge is 0.261 e. The first-order valence-corrected chi connectivity index (χ1v) is 8.81. The third-order valence-electron chi connectivity index (χ3n) is 4.32. The Bertz CT molecular complexity index is 687. The molecule has 3 rings (SSSR count). The van der Waals surface area contributed by atoms with Crippen molar-refractivity contribution in [3.63, 3.8) is 0 Å². The van der Waals surface area contributed by atoms with Crippen LogP contribution in [0, 0.1) is 0 Å². The lowest BCUT2D eigenvalue weighted by molar-refractivity contribution is -0.136. The molecule has 0 bridgehead atoms. The molecule has 1 aliphatic rings. The molecule has 1 atom stereocenters. The normalized spacial score (nSPS) is 18.2. The summed E-state index contributed by atoms with van der Waals surface area (Å²) in [6.07, 6.45) is 7.23. The minimum absolute atomic E-state index is 0.0168. The first kappa shape index (κ1) is 17.4. The zero-order valence-corrected chi connectivity index (χ0v) is 14.7. The molecule has 0 spiro atoms. The number of aromatic nitrogens is 3. The van der Waals surface area contributed by atoms with Crippen LogP contribution in [0.3, 0.4) is 0 Å². The van der Waals surface area contributed by atoms with Crippen LogP contribution in [0.15, 0.2) is 29.0 Å². The lowest BCUT2D eigenvalue weighted by Gasteiger charge is -2.27. The summed E-state index contributed by atoms with van der Waals surface area (Å²) in [5.41, 5.74) is 0. The van der Waals surface area contributed by atoms with Gasteiger partial charge < -0.3 is 14.2 Å². The molecule has 0 unspecified atom stereocenters. The van der Waals surface area contributed by atoms with Gasteiger partial charge >= 0.3 is 0 Å². The van der Waals surface area contributed by atoms with E-state index in [1.165, 1.54) is 0 Å². The molecule has 0 N–H and O–H groups in total. The van der Waals surface area contributed by atoms with Crippen molar-refractivity contribution < 1.29 is 14.1 Å². The average molecular weight is 344 g/mol. The van der Waals surface area contributed by atoms with Crippen molar-refractivity contribution in [1.29, 1.82) is 0 Å². The van der Waals surface area contributed by atoms with Crippen LogP contribution in [-0.2, 0) is 4.79 Å². The van der Waals surface area contributed by atoms with Crippen molar-refractivity contribution in [3.8, 4) is 5.75 Å². The van der Waals surface area contributed by atoms with Crippen LogP contribution in [0.5, 0.6) is 5.75 Å². The molecule has 25 heavy (non-hydrogen) atoms. The Kier molecular flexibility index (Phi) is 5.63. The van der Waals surface area contributed by atoms with E-state index >= 15 is 0 Å². The number of amides is 1. The van der Waals surface area contributed by atoms with E-state index in [-0.39, 0.29) is 24.5 Å². The van der Waals surface area contributed by atoms with E-state index in [1.807, 2.05) is 18.7 Å². The molecular weight excluding hydrogens is 320 g/mol. The zero-order valence-electron chi connectivity index (χ0n) is 14.7. The second kappa shape index (κ2) is 8.09. The van der Waals surface area contributed by atoms with Crippen LogP contribution in [-0.4, -0.2) is 39.1 Å². The summed E-state index contributed by atoms with van der Waals surface area (Å²) in [5, 5.41) is 4.12. The van der Waals surface area contributed by atoms with Gasteiger partial charge in [0.15, 0.2) is 12.4 Å².